The van der Waals surface area contributed by atoms with Gasteiger partial charge in [-0.15, -0.1) is 0 Å². The molecule has 0 aliphatic rings. The van der Waals surface area contributed by atoms with E-state index >= 15 is 0 Å². The molecule has 1 heterocycles. The molecule has 0 amide bonds. The van der Waals surface area contributed by atoms with Gasteiger partial charge in [-0.05, 0) is 54.6 Å². The van der Waals surface area contributed by atoms with E-state index in [1.807, 2.05) is 37.3 Å². The van der Waals surface area contributed by atoms with Crippen LogP contribution in [0.1, 0.15) is 31.4 Å². The highest BCUT2D eigenvalue weighted by molar-refractivity contribution is 5.72. The third-order valence-electron chi connectivity index (χ3n) is 4.47. The van der Waals surface area contributed by atoms with Gasteiger partial charge in [0, 0.05) is 17.7 Å². The van der Waals surface area contributed by atoms with Crippen molar-refractivity contribution < 1.29 is 4.39 Å². The average Bonchev–Trinajstić information content (AvgIpc) is 3.14. The van der Waals surface area contributed by atoms with Gasteiger partial charge in [-0.2, -0.15) is 5.10 Å². The fraction of sp³-hybridized carbons (Fsp3) is 0.333. The lowest BCUT2D eigenvalue weighted by molar-refractivity contribution is 0.536. The molecule has 0 unspecified atom stereocenters. The fourth-order valence-corrected chi connectivity index (χ4v) is 2.97. The summed E-state index contributed by atoms with van der Waals surface area (Å²) in [5.74, 6) is 1.19. The molecule has 0 aliphatic carbocycles. The number of nitrogens with zero attached hydrogens (tertiary/aromatic N) is 2. The van der Waals surface area contributed by atoms with Crippen molar-refractivity contribution in [3.63, 3.8) is 0 Å². The third kappa shape index (κ3) is 4.35. The molecule has 3 rings (SSSR count). The topological polar surface area (TPSA) is 53.6 Å². The summed E-state index contributed by atoms with van der Waals surface area (Å²) in [6.45, 7) is 8.02. The monoisotopic (exact) mass is 352 g/mol. The molecule has 0 radical (unpaired) electrons. The molecule has 1 aromatic heterocycles. The summed E-state index contributed by atoms with van der Waals surface area (Å²) in [5.41, 5.74) is 4.42. The summed E-state index contributed by atoms with van der Waals surface area (Å²) < 4.78 is 14.7. The summed E-state index contributed by atoms with van der Waals surface area (Å²) in [5, 5.41) is 10.1. The predicted molar refractivity (Wildman–Crippen MR) is 103 cm³/mol. The van der Waals surface area contributed by atoms with Crippen LogP contribution < -0.4 is 5.32 Å². The Kier molecular flexibility index (Phi) is 5.78. The van der Waals surface area contributed by atoms with Gasteiger partial charge in [0.2, 0.25) is 0 Å². The van der Waals surface area contributed by atoms with E-state index in [1.54, 1.807) is 6.07 Å². The van der Waals surface area contributed by atoms with Crippen molar-refractivity contribution in [1.29, 1.82) is 0 Å². The number of nitrogens with one attached hydrogen (secondary N) is 2. The van der Waals surface area contributed by atoms with Gasteiger partial charge in [-0.25, -0.2) is 9.37 Å². The molecule has 0 spiro atoms. The van der Waals surface area contributed by atoms with Gasteiger partial charge < -0.3 is 5.32 Å². The first-order chi connectivity index (χ1) is 12.5. The number of rotatable bonds is 7. The minimum atomic E-state index is -0.191. The first kappa shape index (κ1) is 18.3. The number of hydrogen-bond acceptors (Lipinski definition) is 3. The molecule has 2 N–H and O–H groups in total. The lowest BCUT2D eigenvalue weighted by Gasteiger charge is -2.11. The average molecular weight is 352 g/mol. The van der Waals surface area contributed by atoms with Crippen LogP contribution in [0.25, 0.3) is 22.5 Å². The zero-order valence-corrected chi connectivity index (χ0v) is 15.5. The van der Waals surface area contributed by atoms with Gasteiger partial charge in [0.1, 0.15) is 12.1 Å². The minimum Gasteiger partial charge on any atom is -0.313 e. The highest BCUT2D eigenvalue weighted by Crippen LogP contribution is 2.29. The summed E-state index contributed by atoms with van der Waals surface area (Å²) >= 11 is 0. The van der Waals surface area contributed by atoms with E-state index in [9.17, 15) is 4.39 Å². The van der Waals surface area contributed by atoms with Gasteiger partial charge >= 0.3 is 0 Å². The summed E-state index contributed by atoms with van der Waals surface area (Å²) in [7, 11) is 0. The van der Waals surface area contributed by atoms with Crippen LogP contribution in [0, 0.1) is 18.7 Å². The Hall–Kier alpha value is -2.53. The Bertz CT molecular complexity index is 856. The Morgan fingerprint density at radius 3 is 2.58 bits per heavy atom. The zero-order chi connectivity index (χ0) is 18.5. The molecular weight excluding hydrogens is 327 g/mol. The predicted octanol–water partition coefficient (Wildman–Crippen LogP) is 4.72. The second-order valence-corrected chi connectivity index (χ2v) is 7.04. The van der Waals surface area contributed by atoms with Crippen molar-refractivity contribution in [3.05, 3.63) is 59.7 Å². The molecule has 0 saturated heterocycles. The van der Waals surface area contributed by atoms with Crippen LogP contribution in [0.15, 0.2) is 42.7 Å². The Balaban J connectivity index is 1.75. The normalized spacial score (nSPS) is 11.3. The summed E-state index contributed by atoms with van der Waals surface area (Å²) in [4.78, 5) is 4.16. The molecule has 0 bridgehead atoms. The number of aromatic amines is 1. The summed E-state index contributed by atoms with van der Waals surface area (Å²) in [6.07, 6.45) is 2.60. The highest BCUT2D eigenvalue weighted by Gasteiger charge is 2.11. The smallest absolute Gasteiger partial charge is 0.155 e. The van der Waals surface area contributed by atoms with Crippen LogP contribution in [0.3, 0.4) is 0 Å². The Morgan fingerprint density at radius 1 is 1.12 bits per heavy atom. The molecule has 0 atom stereocenters. The SMILES string of the molecule is Cc1cc(-c2ncn[nH]2)ccc1-c1ccc(CNCCC(C)C)cc1F. The van der Waals surface area contributed by atoms with Crippen LogP contribution in [0.4, 0.5) is 4.39 Å². The number of aromatic nitrogens is 3. The largest absolute Gasteiger partial charge is 0.313 e. The van der Waals surface area contributed by atoms with E-state index in [1.165, 1.54) is 6.33 Å². The van der Waals surface area contributed by atoms with Gasteiger partial charge in [-0.3, -0.25) is 5.10 Å². The Labute approximate surface area is 153 Å². The molecule has 2 aromatic carbocycles. The van der Waals surface area contributed by atoms with Crippen molar-refractivity contribution in [1.82, 2.24) is 20.5 Å². The van der Waals surface area contributed by atoms with Crippen molar-refractivity contribution in [2.24, 2.45) is 5.92 Å². The van der Waals surface area contributed by atoms with E-state index in [2.05, 4.69) is 34.3 Å². The van der Waals surface area contributed by atoms with E-state index < -0.39 is 0 Å². The van der Waals surface area contributed by atoms with Gasteiger partial charge in [0.05, 0.1) is 0 Å². The molecule has 0 aliphatic heterocycles. The third-order valence-corrected chi connectivity index (χ3v) is 4.47. The molecular formula is C21H25FN4. The van der Waals surface area contributed by atoms with E-state index in [0.717, 1.165) is 35.2 Å². The quantitative estimate of drug-likeness (QED) is 0.605. The van der Waals surface area contributed by atoms with Crippen molar-refractivity contribution in [2.75, 3.05) is 6.54 Å². The molecule has 3 aromatic rings. The second-order valence-electron chi connectivity index (χ2n) is 7.04. The standard InChI is InChI=1S/C21H25FN4/c1-14(2)8-9-23-12-16-4-6-19(20(22)11-16)18-7-5-17(10-15(18)3)21-24-13-25-26-21/h4-7,10-11,13-14,23H,8-9,12H2,1-3H3,(H,24,25,26). The van der Waals surface area contributed by atoms with E-state index in [0.29, 0.717) is 23.9 Å². The maximum absolute atomic E-state index is 14.7. The number of halogens is 1. The molecule has 0 fully saturated rings. The number of aryl methyl sites for hydroxylation is 1. The highest BCUT2D eigenvalue weighted by atomic mass is 19.1. The lowest BCUT2D eigenvalue weighted by Crippen LogP contribution is -2.16. The number of hydrogen-bond donors (Lipinski definition) is 2. The van der Waals surface area contributed by atoms with Crippen LogP contribution in [0.2, 0.25) is 0 Å². The van der Waals surface area contributed by atoms with E-state index in [-0.39, 0.29) is 5.82 Å². The molecule has 5 heteroatoms. The second kappa shape index (κ2) is 8.23. The molecule has 26 heavy (non-hydrogen) atoms. The van der Waals surface area contributed by atoms with Gasteiger partial charge in [0.15, 0.2) is 5.82 Å². The maximum Gasteiger partial charge on any atom is 0.155 e. The van der Waals surface area contributed by atoms with Crippen LogP contribution in [-0.2, 0) is 6.54 Å². The van der Waals surface area contributed by atoms with Gasteiger partial charge in [-0.1, -0.05) is 38.1 Å². The Morgan fingerprint density at radius 2 is 1.92 bits per heavy atom. The first-order valence-electron chi connectivity index (χ1n) is 9.00. The van der Waals surface area contributed by atoms with Gasteiger partial charge in [0.25, 0.3) is 0 Å². The van der Waals surface area contributed by atoms with Crippen LogP contribution in [-0.4, -0.2) is 21.7 Å². The zero-order valence-electron chi connectivity index (χ0n) is 15.5. The van der Waals surface area contributed by atoms with Crippen LogP contribution >= 0.6 is 0 Å². The first-order valence-corrected chi connectivity index (χ1v) is 9.00. The van der Waals surface area contributed by atoms with Crippen LogP contribution in [0.5, 0.6) is 0 Å². The van der Waals surface area contributed by atoms with Crippen molar-refractivity contribution in [3.8, 4) is 22.5 Å². The van der Waals surface area contributed by atoms with E-state index in [4.69, 9.17) is 0 Å². The van der Waals surface area contributed by atoms with Crippen molar-refractivity contribution in [2.45, 2.75) is 33.7 Å². The summed E-state index contributed by atoms with van der Waals surface area (Å²) in [6, 6.07) is 11.4. The fourth-order valence-electron chi connectivity index (χ4n) is 2.97. The minimum absolute atomic E-state index is 0.191. The molecule has 4 nitrogen and oxygen atoms in total. The maximum atomic E-state index is 14.7. The lowest BCUT2D eigenvalue weighted by atomic mass is 9.97. The number of benzene rings is 2. The molecule has 0 saturated carbocycles. The molecule has 136 valence electrons. The van der Waals surface area contributed by atoms with Crippen molar-refractivity contribution >= 4 is 0 Å². The number of H-pyrrole nitrogens is 1.